The second-order valence-corrected chi connectivity index (χ2v) is 4.46. The molecule has 0 radical (unpaired) electrons. The molecule has 19 heavy (non-hydrogen) atoms. The molecule has 0 bridgehead atoms. The molecule has 7 heteroatoms. The van der Waals surface area contributed by atoms with Gasteiger partial charge in [0, 0.05) is 6.54 Å². The number of alkyl halides is 3. The minimum atomic E-state index is -4.48. The first-order valence-electron chi connectivity index (χ1n) is 5.99. The maximum absolute atomic E-state index is 12.4. The molecule has 0 aromatic heterocycles. The molecule has 0 aliphatic heterocycles. The third kappa shape index (κ3) is 4.25. The molecule has 0 aromatic carbocycles. The molecule has 4 nitrogen and oxygen atoms in total. The number of carbonyl (C=O) groups excluding carboxylic acids is 1. The number of halogens is 3. The molecular formula is C12H16F3NO3. The Morgan fingerprint density at radius 1 is 1.26 bits per heavy atom. The van der Waals surface area contributed by atoms with E-state index in [0.717, 1.165) is 0 Å². The van der Waals surface area contributed by atoms with Gasteiger partial charge in [0.1, 0.15) is 6.54 Å². The second-order valence-electron chi connectivity index (χ2n) is 4.46. The van der Waals surface area contributed by atoms with Crippen LogP contribution in [0.15, 0.2) is 12.2 Å². The van der Waals surface area contributed by atoms with Crippen molar-refractivity contribution in [1.82, 2.24) is 4.90 Å². The minimum Gasteiger partial charge on any atom is -0.481 e. The van der Waals surface area contributed by atoms with E-state index in [-0.39, 0.29) is 19.4 Å². The summed E-state index contributed by atoms with van der Waals surface area (Å²) >= 11 is 0. The van der Waals surface area contributed by atoms with Crippen molar-refractivity contribution < 1.29 is 27.9 Å². The maximum Gasteiger partial charge on any atom is 0.406 e. The zero-order chi connectivity index (χ0) is 14.6. The van der Waals surface area contributed by atoms with Gasteiger partial charge in [-0.15, -0.1) is 0 Å². The van der Waals surface area contributed by atoms with Gasteiger partial charge in [0.2, 0.25) is 5.91 Å². The Labute approximate surface area is 108 Å². The molecule has 1 rings (SSSR count). The lowest BCUT2D eigenvalue weighted by molar-refractivity contribution is -0.166. The molecule has 1 aliphatic carbocycles. The van der Waals surface area contributed by atoms with E-state index in [9.17, 15) is 22.8 Å². The van der Waals surface area contributed by atoms with Crippen molar-refractivity contribution in [2.24, 2.45) is 11.8 Å². The Balaban J connectivity index is 2.83. The molecule has 0 fully saturated rings. The van der Waals surface area contributed by atoms with Crippen LogP contribution in [0.5, 0.6) is 0 Å². The summed E-state index contributed by atoms with van der Waals surface area (Å²) in [6.45, 7) is 0.0118. The van der Waals surface area contributed by atoms with E-state index < -0.39 is 36.4 Å². The Morgan fingerprint density at radius 2 is 1.79 bits per heavy atom. The summed E-state index contributed by atoms with van der Waals surface area (Å²) in [4.78, 5) is 23.8. The normalized spacial score (nSPS) is 23.2. The molecule has 2 atom stereocenters. The van der Waals surface area contributed by atoms with Gasteiger partial charge in [-0.2, -0.15) is 13.2 Å². The second kappa shape index (κ2) is 6.08. The number of carboxylic acid groups (broad SMARTS) is 1. The van der Waals surface area contributed by atoms with Crippen molar-refractivity contribution in [2.45, 2.75) is 25.9 Å². The smallest absolute Gasteiger partial charge is 0.406 e. The molecule has 0 heterocycles. The summed E-state index contributed by atoms with van der Waals surface area (Å²) in [6.07, 6.45) is -0.847. The van der Waals surface area contributed by atoms with Gasteiger partial charge in [-0.3, -0.25) is 9.59 Å². The van der Waals surface area contributed by atoms with Crippen LogP contribution in [-0.4, -0.2) is 41.1 Å². The van der Waals surface area contributed by atoms with Gasteiger partial charge in [0.05, 0.1) is 11.8 Å². The molecule has 1 amide bonds. The Hall–Kier alpha value is -1.53. The van der Waals surface area contributed by atoms with Crippen LogP contribution in [0.3, 0.4) is 0 Å². The summed E-state index contributed by atoms with van der Waals surface area (Å²) in [7, 11) is 0. The monoisotopic (exact) mass is 279 g/mol. The molecule has 0 aromatic rings. The summed E-state index contributed by atoms with van der Waals surface area (Å²) in [6, 6.07) is 0. The number of amides is 1. The van der Waals surface area contributed by atoms with Crippen LogP contribution in [0, 0.1) is 11.8 Å². The third-order valence-corrected chi connectivity index (χ3v) is 3.13. The van der Waals surface area contributed by atoms with Crippen molar-refractivity contribution in [3.63, 3.8) is 0 Å². The van der Waals surface area contributed by atoms with Gasteiger partial charge in [-0.05, 0) is 19.8 Å². The van der Waals surface area contributed by atoms with E-state index in [2.05, 4.69) is 0 Å². The fraction of sp³-hybridized carbons (Fsp3) is 0.667. The van der Waals surface area contributed by atoms with E-state index in [1.54, 1.807) is 12.2 Å². The van der Waals surface area contributed by atoms with Crippen molar-refractivity contribution in [1.29, 1.82) is 0 Å². The molecular weight excluding hydrogens is 263 g/mol. The number of nitrogens with zero attached hydrogens (tertiary/aromatic N) is 1. The molecule has 2 unspecified atom stereocenters. The molecule has 108 valence electrons. The quantitative estimate of drug-likeness (QED) is 0.801. The molecule has 1 aliphatic rings. The number of carbonyl (C=O) groups is 2. The first-order chi connectivity index (χ1) is 8.76. The minimum absolute atomic E-state index is 0.0924. The highest BCUT2D eigenvalue weighted by molar-refractivity contribution is 5.85. The Kier molecular flexibility index (Phi) is 4.97. The molecule has 1 N–H and O–H groups in total. The van der Waals surface area contributed by atoms with Crippen LogP contribution in [0.1, 0.15) is 19.8 Å². The van der Waals surface area contributed by atoms with Gasteiger partial charge < -0.3 is 10.0 Å². The van der Waals surface area contributed by atoms with Crippen molar-refractivity contribution >= 4 is 11.9 Å². The summed E-state index contributed by atoms with van der Waals surface area (Å²) in [5.74, 6) is -3.74. The van der Waals surface area contributed by atoms with Crippen LogP contribution in [-0.2, 0) is 9.59 Å². The molecule has 0 spiro atoms. The molecule has 0 saturated heterocycles. The molecule has 0 saturated carbocycles. The predicted octanol–water partition coefficient (Wildman–Crippen LogP) is 2.06. The van der Waals surface area contributed by atoms with E-state index in [1.165, 1.54) is 6.92 Å². The number of rotatable bonds is 4. The third-order valence-electron chi connectivity index (χ3n) is 3.13. The number of aliphatic carboxylic acids is 1. The van der Waals surface area contributed by atoms with Crippen LogP contribution < -0.4 is 0 Å². The highest BCUT2D eigenvalue weighted by Gasteiger charge is 2.39. The van der Waals surface area contributed by atoms with Crippen LogP contribution in [0.4, 0.5) is 13.2 Å². The summed E-state index contributed by atoms with van der Waals surface area (Å²) in [5, 5.41) is 9.02. The summed E-state index contributed by atoms with van der Waals surface area (Å²) < 4.78 is 37.1. The van der Waals surface area contributed by atoms with Gasteiger partial charge >= 0.3 is 12.1 Å². The van der Waals surface area contributed by atoms with E-state index in [4.69, 9.17) is 5.11 Å². The van der Waals surface area contributed by atoms with Crippen molar-refractivity contribution in [3.8, 4) is 0 Å². The Bertz CT molecular complexity index is 379. The first kappa shape index (κ1) is 15.5. The predicted molar refractivity (Wildman–Crippen MR) is 61.3 cm³/mol. The van der Waals surface area contributed by atoms with E-state index in [1.807, 2.05) is 0 Å². The fourth-order valence-electron chi connectivity index (χ4n) is 2.16. The summed E-state index contributed by atoms with van der Waals surface area (Å²) in [5.41, 5.74) is 0. The average Bonchev–Trinajstić information content (AvgIpc) is 2.34. The lowest BCUT2D eigenvalue weighted by atomic mass is 9.82. The van der Waals surface area contributed by atoms with Gasteiger partial charge in [0.15, 0.2) is 0 Å². The lowest BCUT2D eigenvalue weighted by Crippen LogP contribution is -2.45. The van der Waals surface area contributed by atoms with E-state index in [0.29, 0.717) is 4.90 Å². The topological polar surface area (TPSA) is 57.6 Å². The largest absolute Gasteiger partial charge is 0.481 e. The maximum atomic E-state index is 12.4. The number of hydrogen-bond donors (Lipinski definition) is 1. The van der Waals surface area contributed by atoms with Gasteiger partial charge in [0.25, 0.3) is 0 Å². The first-order valence-corrected chi connectivity index (χ1v) is 5.99. The van der Waals surface area contributed by atoms with Crippen molar-refractivity contribution in [2.75, 3.05) is 13.1 Å². The zero-order valence-electron chi connectivity index (χ0n) is 10.5. The van der Waals surface area contributed by atoms with E-state index >= 15 is 0 Å². The van der Waals surface area contributed by atoms with Crippen LogP contribution >= 0.6 is 0 Å². The van der Waals surface area contributed by atoms with Gasteiger partial charge in [-0.25, -0.2) is 0 Å². The Morgan fingerprint density at radius 3 is 2.21 bits per heavy atom. The fourth-order valence-corrected chi connectivity index (χ4v) is 2.16. The number of carboxylic acids is 1. The average molecular weight is 279 g/mol. The lowest BCUT2D eigenvalue weighted by Gasteiger charge is -2.30. The van der Waals surface area contributed by atoms with Crippen LogP contribution in [0.2, 0.25) is 0 Å². The standard InChI is InChI=1S/C12H16F3NO3/c1-2-16(7-12(13,14)15)10(17)8-5-3-4-6-9(8)11(18)19/h3-4,8-9H,2,5-7H2,1H3,(H,18,19). The van der Waals surface area contributed by atoms with Crippen molar-refractivity contribution in [3.05, 3.63) is 12.2 Å². The highest BCUT2D eigenvalue weighted by Crippen LogP contribution is 2.28. The van der Waals surface area contributed by atoms with Crippen LogP contribution in [0.25, 0.3) is 0 Å². The SMILES string of the molecule is CCN(CC(F)(F)F)C(=O)C1CC=CCC1C(=O)O. The van der Waals surface area contributed by atoms with Gasteiger partial charge in [-0.1, -0.05) is 12.2 Å². The highest BCUT2D eigenvalue weighted by atomic mass is 19.4. The number of hydrogen-bond acceptors (Lipinski definition) is 2. The zero-order valence-corrected chi connectivity index (χ0v) is 10.5. The number of allylic oxidation sites excluding steroid dienone is 2.